The highest BCUT2D eigenvalue weighted by atomic mass is 16.5. The second-order valence-corrected chi connectivity index (χ2v) is 5.43. The Morgan fingerprint density at radius 3 is 2.76 bits per heavy atom. The Bertz CT molecular complexity index is 854. The lowest BCUT2D eigenvalue weighted by molar-refractivity contribution is -0.131. The molecule has 0 saturated carbocycles. The summed E-state index contributed by atoms with van der Waals surface area (Å²) in [6.07, 6.45) is 3.17. The lowest BCUT2D eigenvalue weighted by Crippen LogP contribution is -2.34. The van der Waals surface area contributed by atoms with Gasteiger partial charge in [0.05, 0.1) is 7.11 Å². The first-order chi connectivity index (χ1) is 12.0. The highest BCUT2D eigenvalue weighted by Crippen LogP contribution is 2.19. The molecular formula is C18H21N3O4. The van der Waals surface area contributed by atoms with Crippen molar-refractivity contribution in [1.82, 2.24) is 14.5 Å². The molecule has 1 heterocycles. The van der Waals surface area contributed by atoms with Gasteiger partial charge in [-0.2, -0.15) is 0 Å². The number of H-pyrrole nitrogens is 1. The number of benzene rings is 1. The number of carbonyl (C=O) groups excluding carboxylic acids is 1. The van der Waals surface area contributed by atoms with Crippen molar-refractivity contribution in [3.63, 3.8) is 0 Å². The van der Waals surface area contributed by atoms with Crippen molar-refractivity contribution in [2.24, 2.45) is 0 Å². The third-order valence-electron chi connectivity index (χ3n) is 3.72. The molecule has 0 aliphatic carbocycles. The zero-order chi connectivity index (χ0) is 18.2. The zero-order valence-electron chi connectivity index (χ0n) is 14.1. The number of amides is 1. The number of methoxy groups -OCH3 is 1. The predicted molar refractivity (Wildman–Crippen MR) is 94.5 cm³/mol. The van der Waals surface area contributed by atoms with Crippen molar-refractivity contribution in [3.8, 4) is 5.75 Å². The van der Waals surface area contributed by atoms with Gasteiger partial charge in [0.1, 0.15) is 5.75 Å². The van der Waals surface area contributed by atoms with Gasteiger partial charge in [-0.05, 0) is 6.07 Å². The molecule has 0 unspecified atom stereocenters. The van der Waals surface area contributed by atoms with E-state index >= 15 is 0 Å². The lowest BCUT2D eigenvalue weighted by atomic mass is 10.1. The third-order valence-corrected chi connectivity index (χ3v) is 3.72. The van der Waals surface area contributed by atoms with Gasteiger partial charge in [-0.25, -0.2) is 4.79 Å². The Balaban J connectivity index is 2.08. The summed E-state index contributed by atoms with van der Waals surface area (Å²) in [7, 11) is 1.58. The number of hydrogen-bond donors (Lipinski definition) is 1. The molecule has 0 atom stereocenters. The van der Waals surface area contributed by atoms with Gasteiger partial charge in [-0.3, -0.25) is 14.6 Å². The van der Waals surface area contributed by atoms with E-state index in [9.17, 15) is 14.4 Å². The molecule has 132 valence electrons. The van der Waals surface area contributed by atoms with Crippen LogP contribution in [0.4, 0.5) is 0 Å². The molecule has 0 aliphatic heterocycles. The van der Waals surface area contributed by atoms with E-state index in [1.54, 1.807) is 18.1 Å². The fraction of sp³-hybridized carbons (Fsp3) is 0.278. The molecule has 7 heteroatoms. The highest BCUT2D eigenvalue weighted by molar-refractivity contribution is 5.76. The second kappa shape index (κ2) is 8.68. The van der Waals surface area contributed by atoms with Crippen LogP contribution < -0.4 is 16.0 Å². The van der Waals surface area contributed by atoms with Gasteiger partial charge >= 0.3 is 5.69 Å². The molecule has 2 aromatic rings. The topological polar surface area (TPSA) is 84.4 Å². The van der Waals surface area contributed by atoms with Crippen LogP contribution in [0.3, 0.4) is 0 Å². The number of rotatable bonds is 8. The van der Waals surface area contributed by atoms with Crippen molar-refractivity contribution >= 4 is 5.91 Å². The standard InChI is InChI=1S/C18H21N3O4/c1-3-10-21(13-14-6-4-5-7-15(14)25-2)17(23)9-12-20-11-8-16(22)19-18(20)24/h3-8,11H,1,9-10,12-13H2,2H3,(H,19,22,24). The van der Waals surface area contributed by atoms with Gasteiger partial charge < -0.3 is 14.2 Å². The normalized spacial score (nSPS) is 10.3. The Labute approximate surface area is 145 Å². The average Bonchev–Trinajstić information content (AvgIpc) is 2.60. The van der Waals surface area contributed by atoms with Crippen molar-refractivity contribution in [1.29, 1.82) is 0 Å². The van der Waals surface area contributed by atoms with E-state index in [-0.39, 0.29) is 18.9 Å². The maximum atomic E-state index is 12.5. The van der Waals surface area contributed by atoms with Crippen LogP contribution in [-0.4, -0.2) is 34.0 Å². The molecule has 1 aromatic heterocycles. The molecule has 0 radical (unpaired) electrons. The van der Waals surface area contributed by atoms with E-state index < -0.39 is 11.2 Å². The van der Waals surface area contributed by atoms with Crippen LogP contribution in [0.1, 0.15) is 12.0 Å². The Kier molecular flexibility index (Phi) is 6.33. The molecule has 2 rings (SSSR count). The Morgan fingerprint density at radius 1 is 1.32 bits per heavy atom. The van der Waals surface area contributed by atoms with Crippen LogP contribution in [-0.2, 0) is 17.9 Å². The van der Waals surface area contributed by atoms with Gasteiger partial charge in [0.25, 0.3) is 5.56 Å². The molecule has 25 heavy (non-hydrogen) atoms. The molecule has 1 amide bonds. The summed E-state index contributed by atoms with van der Waals surface area (Å²) in [5.74, 6) is 0.588. The number of ether oxygens (including phenoxy) is 1. The third kappa shape index (κ3) is 4.94. The van der Waals surface area contributed by atoms with Crippen molar-refractivity contribution in [2.45, 2.75) is 19.5 Å². The van der Waals surface area contributed by atoms with E-state index in [4.69, 9.17) is 4.74 Å². The maximum absolute atomic E-state index is 12.5. The smallest absolute Gasteiger partial charge is 0.328 e. The van der Waals surface area contributed by atoms with Gasteiger partial charge in [-0.1, -0.05) is 24.3 Å². The largest absolute Gasteiger partial charge is 0.496 e. The van der Waals surface area contributed by atoms with Gasteiger partial charge in [0.15, 0.2) is 0 Å². The van der Waals surface area contributed by atoms with Crippen LogP contribution in [0.15, 0.2) is 58.8 Å². The summed E-state index contributed by atoms with van der Waals surface area (Å²) in [4.78, 5) is 39.1. The van der Waals surface area contributed by atoms with E-state index in [1.807, 2.05) is 24.3 Å². The summed E-state index contributed by atoms with van der Waals surface area (Å²) >= 11 is 0. The highest BCUT2D eigenvalue weighted by Gasteiger charge is 2.15. The summed E-state index contributed by atoms with van der Waals surface area (Å²) in [6.45, 7) is 4.65. The van der Waals surface area contributed by atoms with Gasteiger partial charge in [-0.15, -0.1) is 6.58 Å². The molecule has 1 N–H and O–H groups in total. The summed E-state index contributed by atoms with van der Waals surface area (Å²) in [5.41, 5.74) is -0.0984. The number of aromatic nitrogens is 2. The quantitative estimate of drug-likeness (QED) is 0.729. The number of nitrogens with one attached hydrogen (secondary N) is 1. The van der Waals surface area contributed by atoms with Gasteiger partial charge in [0, 0.05) is 43.9 Å². The van der Waals surface area contributed by atoms with Crippen LogP contribution in [0.25, 0.3) is 0 Å². The molecule has 0 fully saturated rings. The number of aromatic amines is 1. The first-order valence-corrected chi connectivity index (χ1v) is 7.85. The molecule has 0 saturated heterocycles. The van der Waals surface area contributed by atoms with Crippen LogP contribution >= 0.6 is 0 Å². The predicted octanol–water partition coefficient (Wildman–Crippen LogP) is 1.15. The fourth-order valence-corrected chi connectivity index (χ4v) is 2.44. The minimum Gasteiger partial charge on any atom is -0.496 e. The molecule has 0 spiro atoms. The van der Waals surface area contributed by atoms with Crippen molar-refractivity contribution in [2.75, 3.05) is 13.7 Å². The van der Waals surface area contributed by atoms with E-state index in [0.717, 1.165) is 5.56 Å². The van der Waals surface area contributed by atoms with E-state index in [1.165, 1.54) is 16.8 Å². The Hall–Kier alpha value is -3.09. The van der Waals surface area contributed by atoms with Crippen LogP contribution in [0, 0.1) is 0 Å². The second-order valence-electron chi connectivity index (χ2n) is 5.43. The molecule has 1 aromatic carbocycles. The number of carbonyl (C=O) groups is 1. The number of aryl methyl sites for hydroxylation is 1. The molecule has 0 bridgehead atoms. The summed E-state index contributed by atoms with van der Waals surface area (Å²) in [6, 6.07) is 8.74. The monoisotopic (exact) mass is 343 g/mol. The van der Waals surface area contributed by atoms with Crippen molar-refractivity contribution in [3.05, 3.63) is 75.6 Å². The minimum absolute atomic E-state index is 0.121. The number of para-hydroxylation sites is 1. The molecular weight excluding hydrogens is 322 g/mol. The van der Waals surface area contributed by atoms with Crippen LogP contribution in [0.5, 0.6) is 5.75 Å². The number of nitrogens with zero attached hydrogens (tertiary/aromatic N) is 2. The first-order valence-electron chi connectivity index (χ1n) is 7.85. The summed E-state index contributed by atoms with van der Waals surface area (Å²) in [5, 5.41) is 0. The van der Waals surface area contributed by atoms with Gasteiger partial charge in [0.2, 0.25) is 5.91 Å². The van der Waals surface area contributed by atoms with Crippen molar-refractivity contribution < 1.29 is 9.53 Å². The minimum atomic E-state index is -0.528. The number of hydrogen-bond acceptors (Lipinski definition) is 4. The first kappa shape index (κ1) is 18.3. The summed E-state index contributed by atoms with van der Waals surface area (Å²) < 4.78 is 6.62. The van der Waals surface area contributed by atoms with E-state index in [2.05, 4.69) is 11.6 Å². The maximum Gasteiger partial charge on any atom is 0.328 e. The molecule has 0 aliphatic rings. The van der Waals surface area contributed by atoms with Crippen LogP contribution in [0.2, 0.25) is 0 Å². The Morgan fingerprint density at radius 2 is 2.08 bits per heavy atom. The van der Waals surface area contributed by atoms with E-state index in [0.29, 0.717) is 18.8 Å². The average molecular weight is 343 g/mol. The fourth-order valence-electron chi connectivity index (χ4n) is 2.44. The SMILES string of the molecule is C=CCN(Cc1ccccc1OC)C(=O)CCn1ccc(=O)[nH]c1=O. The lowest BCUT2D eigenvalue weighted by Gasteiger charge is -2.22. The molecule has 7 nitrogen and oxygen atoms in total. The zero-order valence-corrected chi connectivity index (χ0v) is 14.1.